The van der Waals surface area contributed by atoms with Crippen LogP contribution in [0.2, 0.25) is 0 Å². The van der Waals surface area contributed by atoms with Crippen LogP contribution in [0.1, 0.15) is 24.8 Å². The second-order valence-electron chi connectivity index (χ2n) is 4.42. The molecule has 1 aromatic carbocycles. The van der Waals surface area contributed by atoms with E-state index in [1.54, 1.807) is 30.3 Å². The van der Waals surface area contributed by atoms with Crippen molar-refractivity contribution in [1.29, 1.82) is 0 Å². The van der Waals surface area contributed by atoms with E-state index in [0.717, 1.165) is 0 Å². The van der Waals surface area contributed by atoms with Gasteiger partial charge in [-0.3, -0.25) is 4.79 Å². The minimum absolute atomic E-state index is 0.0191. The lowest BCUT2D eigenvalue weighted by molar-refractivity contribution is -0.166. The summed E-state index contributed by atoms with van der Waals surface area (Å²) in [5.74, 6) is -1.80. The quantitative estimate of drug-likeness (QED) is 0.827. The molecule has 4 nitrogen and oxygen atoms in total. The maximum Gasteiger partial charge on any atom is 0.340 e. The first-order valence-electron chi connectivity index (χ1n) is 5.58. The number of ketones is 1. The van der Waals surface area contributed by atoms with E-state index in [-0.39, 0.29) is 12.2 Å². The number of aliphatic hydroxyl groups is 1. The molecular weight excluding hydrogens is 220 g/mol. The first-order valence-corrected chi connectivity index (χ1v) is 5.58. The summed E-state index contributed by atoms with van der Waals surface area (Å²) in [6.07, 6.45) is 0.918. The number of aliphatic carboxylic acids is 1. The molecule has 0 radical (unpaired) electrons. The summed E-state index contributed by atoms with van der Waals surface area (Å²) < 4.78 is 0. The molecule has 0 spiro atoms. The summed E-state index contributed by atoms with van der Waals surface area (Å²) in [4.78, 5) is 22.6. The molecule has 0 saturated heterocycles. The summed E-state index contributed by atoms with van der Waals surface area (Å²) >= 11 is 0. The SMILES string of the molecule is O=C1CC[C@H](C(O)(C(=O)O)c2ccccc2)C1. The first kappa shape index (κ1) is 11.8. The van der Waals surface area contributed by atoms with Gasteiger partial charge in [0.15, 0.2) is 5.60 Å². The third-order valence-corrected chi connectivity index (χ3v) is 3.38. The van der Waals surface area contributed by atoms with Gasteiger partial charge in [-0.25, -0.2) is 4.79 Å². The highest BCUT2D eigenvalue weighted by atomic mass is 16.4. The Hall–Kier alpha value is -1.68. The third kappa shape index (κ3) is 1.96. The second kappa shape index (κ2) is 4.30. The van der Waals surface area contributed by atoms with Crippen LogP contribution in [-0.2, 0) is 15.2 Å². The molecule has 4 heteroatoms. The molecule has 90 valence electrons. The van der Waals surface area contributed by atoms with E-state index in [1.165, 1.54) is 0 Å². The number of carboxylic acids is 1. The van der Waals surface area contributed by atoms with Crippen LogP contribution in [0.4, 0.5) is 0 Å². The molecule has 2 N–H and O–H groups in total. The predicted molar refractivity (Wildman–Crippen MR) is 60.3 cm³/mol. The van der Waals surface area contributed by atoms with E-state index in [9.17, 15) is 19.8 Å². The number of carbonyl (C=O) groups is 2. The largest absolute Gasteiger partial charge is 0.479 e. The number of Topliss-reactive ketones (excluding diaryl/α,β-unsaturated/α-hetero) is 1. The fourth-order valence-corrected chi connectivity index (χ4v) is 2.40. The lowest BCUT2D eigenvalue weighted by Crippen LogP contribution is -2.42. The number of rotatable bonds is 3. The molecular formula is C13H14O4. The van der Waals surface area contributed by atoms with Crippen LogP contribution in [0.3, 0.4) is 0 Å². The van der Waals surface area contributed by atoms with Crippen molar-refractivity contribution in [2.45, 2.75) is 24.9 Å². The molecule has 0 aromatic heterocycles. The average molecular weight is 234 g/mol. The number of carboxylic acid groups (broad SMARTS) is 1. The van der Waals surface area contributed by atoms with Crippen molar-refractivity contribution in [2.75, 3.05) is 0 Å². The van der Waals surface area contributed by atoms with Gasteiger partial charge in [0.25, 0.3) is 0 Å². The van der Waals surface area contributed by atoms with Gasteiger partial charge in [0.1, 0.15) is 5.78 Å². The van der Waals surface area contributed by atoms with E-state index >= 15 is 0 Å². The van der Waals surface area contributed by atoms with Crippen molar-refractivity contribution < 1.29 is 19.8 Å². The van der Waals surface area contributed by atoms with Gasteiger partial charge >= 0.3 is 5.97 Å². The Balaban J connectivity index is 2.40. The standard InChI is InChI=1S/C13H14O4/c14-11-7-6-10(8-11)13(17,12(15)16)9-4-2-1-3-5-9/h1-5,10,17H,6-8H2,(H,15,16)/t10-,13?/m0/s1. The molecule has 0 aliphatic heterocycles. The molecule has 0 amide bonds. The van der Waals surface area contributed by atoms with E-state index in [2.05, 4.69) is 0 Å². The van der Waals surface area contributed by atoms with Crippen LogP contribution in [0.25, 0.3) is 0 Å². The molecule has 0 heterocycles. The monoisotopic (exact) mass is 234 g/mol. The van der Waals surface area contributed by atoms with Gasteiger partial charge in [-0.05, 0) is 12.0 Å². The van der Waals surface area contributed by atoms with Crippen LogP contribution in [0.15, 0.2) is 30.3 Å². The number of hydrogen-bond acceptors (Lipinski definition) is 3. The molecule has 2 rings (SSSR count). The average Bonchev–Trinajstić information content (AvgIpc) is 2.76. The van der Waals surface area contributed by atoms with Gasteiger partial charge in [0.2, 0.25) is 0 Å². The zero-order chi connectivity index (χ0) is 12.5. The summed E-state index contributed by atoms with van der Waals surface area (Å²) in [5, 5.41) is 19.7. The van der Waals surface area contributed by atoms with Gasteiger partial charge in [0.05, 0.1) is 0 Å². The van der Waals surface area contributed by atoms with Gasteiger partial charge in [0, 0.05) is 18.8 Å². The smallest absolute Gasteiger partial charge is 0.340 e. The maximum absolute atomic E-state index is 11.4. The number of benzene rings is 1. The zero-order valence-corrected chi connectivity index (χ0v) is 9.30. The van der Waals surface area contributed by atoms with Gasteiger partial charge in [-0.2, -0.15) is 0 Å². The Bertz CT molecular complexity index is 440. The molecule has 1 aliphatic rings. The van der Waals surface area contributed by atoms with Crippen molar-refractivity contribution >= 4 is 11.8 Å². The van der Waals surface area contributed by atoms with E-state index in [0.29, 0.717) is 18.4 Å². The van der Waals surface area contributed by atoms with Crippen molar-refractivity contribution in [2.24, 2.45) is 5.92 Å². The van der Waals surface area contributed by atoms with Gasteiger partial charge < -0.3 is 10.2 Å². The molecule has 1 saturated carbocycles. The topological polar surface area (TPSA) is 74.6 Å². The van der Waals surface area contributed by atoms with Crippen LogP contribution in [0, 0.1) is 5.92 Å². The van der Waals surface area contributed by atoms with Crippen molar-refractivity contribution in [3.8, 4) is 0 Å². The van der Waals surface area contributed by atoms with E-state index in [1.807, 2.05) is 0 Å². The molecule has 1 aliphatic carbocycles. The number of carbonyl (C=O) groups excluding carboxylic acids is 1. The maximum atomic E-state index is 11.4. The third-order valence-electron chi connectivity index (χ3n) is 3.38. The highest BCUT2D eigenvalue weighted by Crippen LogP contribution is 2.39. The molecule has 2 atom stereocenters. The lowest BCUT2D eigenvalue weighted by Gasteiger charge is -2.29. The minimum Gasteiger partial charge on any atom is -0.479 e. The molecule has 1 fully saturated rings. The lowest BCUT2D eigenvalue weighted by atomic mass is 9.80. The Morgan fingerprint density at radius 3 is 2.41 bits per heavy atom. The summed E-state index contributed by atoms with van der Waals surface area (Å²) in [5.41, 5.74) is -1.61. The van der Waals surface area contributed by atoms with E-state index in [4.69, 9.17) is 0 Å². The van der Waals surface area contributed by atoms with Gasteiger partial charge in [-0.15, -0.1) is 0 Å². The first-order chi connectivity index (χ1) is 8.05. The van der Waals surface area contributed by atoms with Crippen LogP contribution in [-0.4, -0.2) is 22.0 Å². The van der Waals surface area contributed by atoms with E-state index < -0.39 is 17.5 Å². The highest BCUT2D eigenvalue weighted by molar-refractivity contribution is 5.85. The Labute approximate surface area is 98.9 Å². The molecule has 17 heavy (non-hydrogen) atoms. The Morgan fingerprint density at radius 2 is 1.94 bits per heavy atom. The summed E-state index contributed by atoms with van der Waals surface area (Å²) in [6, 6.07) is 8.28. The predicted octanol–water partition coefficient (Wildman–Crippen LogP) is 1.33. The fourth-order valence-electron chi connectivity index (χ4n) is 2.40. The van der Waals surface area contributed by atoms with Crippen molar-refractivity contribution in [3.63, 3.8) is 0 Å². The highest BCUT2D eigenvalue weighted by Gasteiger charge is 2.48. The fraction of sp³-hybridized carbons (Fsp3) is 0.385. The Morgan fingerprint density at radius 1 is 1.29 bits per heavy atom. The molecule has 1 unspecified atom stereocenters. The van der Waals surface area contributed by atoms with Gasteiger partial charge in [-0.1, -0.05) is 30.3 Å². The Kier molecular flexibility index (Phi) is 2.98. The van der Waals surface area contributed by atoms with Crippen LogP contribution >= 0.6 is 0 Å². The molecule has 1 aromatic rings. The number of hydrogen-bond donors (Lipinski definition) is 2. The normalized spacial score (nSPS) is 23.4. The zero-order valence-electron chi connectivity index (χ0n) is 9.30. The second-order valence-corrected chi connectivity index (χ2v) is 4.42. The van der Waals surface area contributed by atoms with Crippen molar-refractivity contribution in [3.05, 3.63) is 35.9 Å². The van der Waals surface area contributed by atoms with Crippen LogP contribution < -0.4 is 0 Å². The molecule has 0 bridgehead atoms. The van der Waals surface area contributed by atoms with Crippen LogP contribution in [0.5, 0.6) is 0 Å². The summed E-state index contributed by atoms with van der Waals surface area (Å²) in [6.45, 7) is 0. The van der Waals surface area contributed by atoms with Crippen molar-refractivity contribution in [1.82, 2.24) is 0 Å². The minimum atomic E-state index is -1.95. The summed E-state index contributed by atoms with van der Waals surface area (Å²) in [7, 11) is 0.